The van der Waals surface area contributed by atoms with Crippen molar-refractivity contribution in [1.29, 1.82) is 0 Å². The Hall–Kier alpha value is -1.32. The van der Waals surface area contributed by atoms with Crippen molar-refractivity contribution >= 4 is 29.1 Å². The summed E-state index contributed by atoms with van der Waals surface area (Å²) in [5, 5.41) is 4.95. The summed E-state index contributed by atoms with van der Waals surface area (Å²) in [6.07, 6.45) is 0. The first kappa shape index (κ1) is 12.1. The first-order valence-electron chi connectivity index (χ1n) is 5.02. The lowest BCUT2D eigenvalue weighted by atomic mass is 10.2. The van der Waals surface area contributed by atoms with E-state index >= 15 is 0 Å². The molecule has 0 amide bonds. The van der Waals surface area contributed by atoms with Gasteiger partial charge in [-0.05, 0) is 38.1 Å². The number of hydrogen-bond donors (Lipinski definition) is 0. The largest absolute Gasteiger partial charge is 0.279 e. The maximum atomic E-state index is 12.2. The number of halogens is 2. The van der Waals surface area contributed by atoms with Crippen LogP contribution in [0.15, 0.2) is 24.3 Å². The molecule has 3 nitrogen and oxygen atoms in total. The monoisotopic (exact) mass is 268 g/mol. The van der Waals surface area contributed by atoms with Crippen molar-refractivity contribution in [2.45, 2.75) is 13.8 Å². The van der Waals surface area contributed by atoms with Gasteiger partial charge < -0.3 is 0 Å². The van der Waals surface area contributed by atoms with Gasteiger partial charge in [0.2, 0.25) is 0 Å². The average Bonchev–Trinajstić information content (AvgIpc) is 2.57. The highest BCUT2D eigenvalue weighted by Gasteiger charge is 2.15. The first-order chi connectivity index (χ1) is 7.99. The van der Waals surface area contributed by atoms with Crippen molar-refractivity contribution in [2.75, 3.05) is 0 Å². The Balaban J connectivity index is 2.47. The quantitative estimate of drug-likeness (QED) is 0.794. The van der Waals surface area contributed by atoms with E-state index in [-0.39, 0.29) is 5.91 Å². The summed E-state index contributed by atoms with van der Waals surface area (Å²) in [6, 6.07) is 6.61. The van der Waals surface area contributed by atoms with Crippen molar-refractivity contribution in [3.05, 3.63) is 51.3 Å². The molecule has 0 atom stereocenters. The minimum absolute atomic E-state index is 0.253. The van der Waals surface area contributed by atoms with Gasteiger partial charge in [0.15, 0.2) is 0 Å². The zero-order valence-corrected chi connectivity index (χ0v) is 10.9. The molecule has 0 radical (unpaired) electrons. The number of benzene rings is 1. The molecule has 0 saturated heterocycles. The molecule has 0 N–H and O–H groups in total. The van der Waals surface area contributed by atoms with Crippen LogP contribution < -0.4 is 0 Å². The van der Waals surface area contributed by atoms with Crippen molar-refractivity contribution in [3.8, 4) is 0 Å². The topological polar surface area (TPSA) is 34.9 Å². The highest BCUT2D eigenvalue weighted by atomic mass is 35.5. The number of rotatable bonds is 1. The van der Waals surface area contributed by atoms with E-state index in [1.54, 1.807) is 18.2 Å². The van der Waals surface area contributed by atoms with Crippen LogP contribution in [0, 0.1) is 13.8 Å². The van der Waals surface area contributed by atoms with Gasteiger partial charge in [-0.1, -0.05) is 23.2 Å². The summed E-state index contributed by atoms with van der Waals surface area (Å²) in [5.41, 5.74) is 1.96. The summed E-state index contributed by atoms with van der Waals surface area (Å²) in [4.78, 5) is 12.2. The molecule has 0 aliphatic carbocycles. The molecular weight excluding hydrogens is 259 g/mol. The molecule has 1 aromatic heterocycles. The van der Waals surface area contributed by atoms with Crippen molar-refractivity contribution < 1.29 is 4.79 Å². The van der Waals surface area contributed by atoms with E-state index in [9.17, 15) is 4.79 Å². The van der Waals surface area contributed by atoms with Crippen LogP contribution in [0.25, 0.3) is 0 Å². The number of carbonyl (C=O) groups is 1. The predicted octanol–water partition coefficient (Wildman–Crippen LogP) is 3.50. The minimum Gasteiger partial charge on any atom is -0.267 e. The normalized spacial score (nSPS) is 10.6. The van der Waals surface area contributed by atoms with Crippen molar-refractivity contribution in [3.63, 3.8) is 0 Å². The molecule has 17 heavy (non-hydrogen) atoms. The molecule has 5 heteroatoms. The van der Waals surface area contributed by atoms with Crippen LogP contribution in [0.2, 0.25) is 10.0 Å². The lowest BCUT2D eigenvalue weighted by Crippen LogP contribution is -2.15. The Bertz CT molecular complexity index is 590. The van der Waals surface area contributed by atoms with E-state index in [1.165, 1.54) is 4.68 Å². The maximum Gasteiger partial charge on any atom is 0.279 e. The molecular formula is C12H10Cl2N2O. The number of nitrogens with zero attached hydrogens (tertiary/aromatic N) is 2. The van der Waals surface area contributed by atoms with Gasteiger partial charge in [0.25, 0.3) is 5.91 Å². The fraction of sp³-hybridized carbons (Fsp3) is 0.167. The molecule has 88 valence electrons. The van der Waals surface area contributed by atoms with E-state index in [0.717, 1.165) is 11.4 Å². The van der Waals surface area contributed by atoms with E-state index in [0.29, 0.717) is 15.6 Å². The molecule has 2 rings (SSSR count). The zero-order valence-electron chi connectivity index (χ0n) is 9.37. The van der Waals surface area contributed by atoms with Gasteiger partial charge in [0.1, 0.15) is 0 Å². The second kappa shape index (κ2) is 4.51. The number of aromatic nitrogens is 2. The van der Waals surface area contributed by atoms with Crippen LogP contribution in [-0.4, -0.2) is 15.7 Å². The fourth-order valence-electron chi connectivity index (χ4n) is 1.61. The smallest absolute Gasteiger partial charge is 0.267 e. The first-order valence-corrected chi connectivity index (χ1v) is 5.77. The van der Waals surface area contributed by atoms with Crippen molar-refractivity contribution in [2.24, 2.45) is 0 Å². The summed E-state index contributed by atoms with van der Waals surface area (Å²) < 4.78 is 1.34. The lowest BCUT2D eigenvalue weighted by Gasteiger charge is -2.05. The van der Waals surface area contributed by atoms with Gasteiger partial charge in [0.05, 0.1) is 16.3 Å². The molecule has 0 aliphatic heterocycles. The summed E-state index contributed by atoms with van der Waals surface area (Å²) in [7, 11) is 0. The third-order valence-electron chi connectivity index (χ3n) is 2.36. The Morgan fingerprint density at radius 3 is 2.47 bits per heavy atom. The molecule has 2 aromatic rings. The highest BCUT2D eigenvalue weighted by Crippen LogP contribution is 2.22. The van der Waals surface area contributed by atoms with E-state index in [1.807, 2.05) is 19.9 Å². The Morgan fingerprint density at radius 2 is 1.94 bits per heavy atom. The Labute approximate surface area is 109 Å². The number of carbonyl (C=O) groups excluding carboxylic acids is 1. The van der Waals surface area contributed by atoms with Crippen LogP contribution in [-0.2, 0) is 0 Å². The van der Waals surface area contributed by atoms with Gasteiger partial charge in [0, 0.05) is 10.7 Å². The van der Waals surface area contributed by atoms with Gasteiger partial charge in [-0.3, -0.25) is 4.79 Å². The standard InChI is InChI=1S/C12H10Cl2N2O/c1-7-5-8(2)16(15-7)12(17)10-4-3-9(13)6-11(10)14/h3-6H,1-2H3. The second-order valence-corrected chi connectivity index (χ2v) is 4.61. The highest BCUT2D eigenvalue weighted by molar-refractivity contribution is 6.36. The second-order valence-electron chi connectivity index (χ2n) is 3.77. The van der Waals surface area contributed by atoms with E-state index < -0.39 is 0 Å². The average molecular weight is 269 g/mol. The summed E-state index contributed by atoms with van der Waals surface area (Å²) in [5.74, 6) is -0.253. The van der Waals surface area contributed by atoms with Crippen LogP contribution in [0.3, 0.4) is 0 Å². The van der Waals surface area contributed by atoms with Gasteiger partial charge >= 0.3 is 0 Å². The third-order valence-corrected chi connectivity index (χ3v) is 2.91. The molecule has 0 spiro atoms. The van der Waals surface area contributed by atoms with Gasteiger partial charge in [-0.25, -0.2) is 4.68 Å². The van der Waals surface area contributed by atoms with Gasteiger partial charge in [-0.2, -0.15) is 5.10 Å². The Morgan fingerprint density at radius 1 is 1.24 bits per heavy atom. The summed E-state index contributed by atoms with van der Waals surface area (Å²) >= 11 is 11.8. The minimum atomic E-state index is -0.253. The van der Waals surface area contributed by atoms with Crippen molar-refractivity contribution in [1.82, 2.24) is 9.78 Å². The zero-order chi connectivity index (χ0) is 12.6. The Kier molecular flexibility index (Phi) is 3.22. The van der Waals surface area contributed by atoms with E-state index in [2.05, 4.69) is 5.10 Å². The van der Waals surface area contributed by atoms with E-state index in [4.69, 9.17) is 23.2 Å². The van der Waals surface area contributed by atoms with Gasteiger partial charge in [-0.15, -0.1) is 0 Å². The molecule has 0 bridgehead atoms. The SMILES string of the molecule is Cc1cc(C)n(C(=O)c2ccc(Cl)cc2Cl)n1. The van der Waals surface area contributed by atoms with Crippen LogP contribution in [0.5, 0.6) is 0 Å². The van der Waals surface area contributed by atoms with Crippen LogP contribution in [0.4, 0.5) is 0 Å². The van der Waals surface area contributed by atoms with Crippen LogP contribution in [0.1, 0.15) is 21.7 Å². The number of aryl methyl sites for hydroxylation is 2. The lowest BCUT2D eigenvalue weighted by molar-refractivity contribution is 0.0942. The molecule has 0 fully saturated rings. The fourth-order valence-corrected chi connectivity index (χ4v) is 2.10. The number of hydrogen-bond acceptors (Lipinski definition) is 2. The summed E-state index contributed by atoms with van der Waals surface area (Å²) in [6.45, 7) is 3.65. The molecule has 0 saturated carbocycles. The van der Waals surface area contributed by atoms with Crippen LogP contribution >= 0.6 is 23.2 Å². The maximum absolute atomic E-state index is 12.2. The molecule has 1 heterocycles. The third kappa shape index (κ3) is 2.35. The molecule has 1 aromatic carbocycles. The predicted molar refractivity (Wildman–Crippen MR) is 67.9 cm³/mol. The molecule has 0 unspecified atom stereocenters. The molecule has 0 aliphatic rings.